The lowest BCUT2D eigenvalue weighted by Crippen LogP contribution is -2.33. The lowest BCUT2D eigenvalue weighted by atomic mass is 9.81. The van der Waals surface area contributed by atoms with Crippen LogP contribution in [0, 0.1) is 6.92 Å². The highest BCUT2D eigenvalue weighted by Gasteiger charge is 2.26. The summed E-state index contributed by atoms with van der Waals surface area (Å²) in [7, 11) is 3.39. The molecule has 0 aliphatic carbocycles. The molecule has 0 atom stereocenters. The van der Waals surface area contributed by atoms with Crippen LogP contribution in [-0.4, -0.2) is 27.3 Å². The van der Waals surface area contributed by atoms with Gasteiger partial charge in [0.2, 0.25) is 0 Å². The van der Waals surface area contributed by atoms with Crippen molar-refractivity contribution in [3.63, 3.8) is 0 Å². The fourth-order valence-electron chi connectivity index (χ4n) is 2.39. The van der Waals surface area contributed by atoms with E-state index in [1.165, 1.54) is 11.1 Å². The average Bonchev–Trinajstić information content (AvgIpc) is 2.34. The summed E-state index contributed by atoms with van der Waals surface area (Å²) in [4.78, 5) is 0. The molecule has 1 N–H and O–H groups in total. The third kappa shape index (κ3) is 3.16. The van der Waals surface area contributed by atoms with Gasteiger partial charge in [0.25, 0.3) is 0 Å². The molecule has 0 aliphatic rings. The van der Waals surface area contributed by atoms with E-state index in [0.29, 0.717) is 0 Å². The number of benzene rings is 1. The van der Waals surface area contributed by atoms with Crippen molar-refractivity contribution in [2.75, 3.05) is 27.3 Å². The van der Waals surface area contributed by atoms with E-state index in [1.54, 1.807) is 14.2 Å². The zero-order valence-corrected chi connectivity index (χ0v) is 12.4. The first kappa shape index (κ1) is 14.8. The summed E-state index contributed by atoms with van der Waals surface area (Å²) in [5.74, 6) is 1.74. The van der Waals surface area contributed by atoms with E-state index in [1.807, 2.05) is 6.07 Å². The second-order valence-electron chi connectivity index (χ2n) is 5.19. The van der Waals surface area contributed by atoms with E-state index in [4.69, 9.17) is 9.47 Å². The Kier molecular flexibility index (Phi) is 5.03. The van der Waals surface area contributed by atoms with Crippen LogP contribution in [0.2, 0.25) is 0 Å². The third-order valence-electron chi connectivity index (χ3n) is 3.22. The van der Waals surface area contributed by atoms with Crippen molar-refractivity contribution in [3.8, 4) is 11.5 Å². The Morgan fingerprint density at radius 1 is 1.17 bits per heavy atom. The molecular formula is C15H25NO2. The van der Waals surface area contributed by atoms with E-state index in [-0.39, 0.29) is 5.41 Å². The van der Waals surface area contributed by atoms with Gasteiger partial charge in [-0.05, 0) is 25.1 Å². The van der Waals surface area contributed by atoms with Crippen molar-refractivity contribution in [2.24, 2.45) is 0 Å². The summed E-state index contributed by atoms with van der Waals surface area (Å²) in [6.45, 7) is 10.6. The summed E-state index contributed by atoms with van der Waals surface area (Å²) in [5, 5.41) is 3.41. The van der Waals surface area contributed by atoms with Gasteiger partial charge in [0.05, 0.1) is 14.2 Å². The summed E-state index contributed by atoms with van der Waals surface area (Å²) in [6, 6.07) is 4.02. The molecule has 0 spiro atoms. The molecule has 0 radical (unpaired) electrons. The van der Waals surface area contributed by atoms with Crippen molar-refractivity contribution in [1.82, 2.24) is 5.32 Å². The van der Waals surface area contributed by atoms with Crippen molar-refractivity contribution >= 4 is 0 Å². The fraction of sp³-hybridized carbons (Fsp3) is 0.600. The van der Waals surface area contributed by atoms with Crippen LogP contribution in [0.4, 0.5) is 0 Å². The van der Waals surface area contributed by atoms with Crippen molar-refractivity contribution < 1.29 is 9.47 Å². The molecule has 0 saturated heterocycles. The van der Waals surface area contributed by atoms with Crippen LogP contribution in [-0.2, 0) is 5.41 Å². The number of methoxy groups -OCH3 is 2. The summed E-state index contributed by atoms with van der Waals surface area (Å²) < 4.78 is 10.8. The summed E-state index contributed by atoms with van der Waals surface area (Å²) >= 11 is 0. The number of hydrogen-bond acceptors (Lipinski definition) is 3. The van der Waals surface area contributed by atoms with Gasteiger partial charge in [-0.1, -0.05) is 20.8 Å². The van der Waals surface area contributed by atoms with E-state index >= 15 is 0 Å². The van der Waals surface area contributed by atoms with Crippen LogP contribution < -0.4 is 14.8 Å². The molecule has 0 amide bonds. The maximum Gasteiger partial charge on any atom is 0.126 e. The van der Waals surface area contributed by atoms with E-state index < -0.39 is 0 Å². The number of ether oxygens (including phenoxy) is 2. The first-order chi connectivity index (χ1) is 8.46. The fourth-order valence-corrected chi connectivity index (χ4v) is 2.39. The molecule has 0 fully saturated rings. The van der Waals surface area contributed by atoms with Gasteiger partial charge in [-0.15, -0.1) is 0 Å². The topological polar surface area (TPSA) is 30.5 Å². The number of likely N-dealkylation sites (N-methyl/N-ethyl adjacent to an activating group) is 1. The number of aryl methyl sites for hydroxylation is 1. The van der Waals surface area contributed by atoms with Gasteiger partial charge in [-0.25, -0.2) is 0 Å². The van der Waals surface area contributed by atoms with Gasteiger partial charge >= 0.3 is 0 Å². The minimum absolute atomic E-state index is 0.0255. The Labute approximate surface area is 110 Å². The second-order valence-corrected chi connectivity index (χ2v) is 5.19. The van der Waals surface area contributed by atoms with Gasteiger partial charge in [0.1, 0.15) is 11.5 Å². The lowest BCUT2D eigenvalue weighted by Gasteiger charge is -2.29. The highest BCUT2D eigenvalue weighted by atomic mass is 16.5. The first-order valence-corrected chi connectivity index (χ1v) is 6.40. The molecule has 102 valence electrons. The highest BCUT2D eigenvalue weighted by Crippen LogP contribution is 2.37. The molecule has 0 aliphatic heterocycles. The Morgan fingerprint density at radius 2 is 1.83 bits per heavy atom. The molecule has 1 aromatic carbocycles. The Balaban J connectivity index is 3.21. The molecule has 18 heavy (non-hydrogen) atoms. The summed E-state index contributed by atoms with van der Waals surface area (Å²) in [6.07, 6.45) is 0. The number of rotatable bonds is 6. The average molecular weight is 251 g/mol. The molecule has 0 heterocycles. The van der Waals surface area contributed by atoms with Crippen LogP contribution in [0.5, 0.6) is 11.5 Å². The maximum atomic E-state index is 5.53. The molecule has 3 nitrogen and oxygen atoms in total. The van der Waals surface area contributed by atoms with Crippen molar-refractivity contribution in [1.29, 1.82) is 0 Å². The minimum Gasteiger partial charge on any atom is -0.497 e. The van der Waals surface area contributed by atoms with E-state index in [9.17, 15) is 0 Å². The predicted molar refractivity (Wildman–Crippen MR) is 75.9 cm³/mol. The largest absolute Gasteiger partial charge is 0.497 e. The Bertz CT molecular complexity index is 400. The van der Waals surface area contributed by atoms with E-state index in [2.05, 4.69) is 39.1 Å². The third-order valence-corrected chi connectivity index (χ3v) is 3.22. The molecule has 3 heteroatoms. The van der Waals surface area contributed by atoms with Crippen LogP contribution in [0.15, 0.2) is 12.1 Å². The standard InChI is InChI=1S/C15H25NO2/c1-7-16-10-15(3,4)14-11(2)8-12(17-5)9-13(14)18-6/h8-9,16H,7,10H2,1-6H3. The predicted octanol–water partition coefficient (Wildman–Crippen LogP) is 2.90. The van der Waals surface area contributed by atoms with Gasteiger partial charge in [-0.2, -0.15) is 0 Å². The van der Waals surface area contributed by atoms with Gasteiger partial charge in [-0.3, -0.25) is 0 Å². The van der Waals surface area contributed by atoms with E-state index in [0.717, 1.165) is 24.6 Å². The quantitative estimate of drug-likeness (QED) is 0.843. The number of nitrogens with one attached hydrogen (secondary N) is 1. The SMILES string of the molecule is CCNCC(C)(C)c1c(C)cc(OC)cc1OC. The van der Waals surface area contributed by atoms with Crippen LogP contribution >= 0.6 is 0 Å². The van der Waals surface area contributed by atoms with Crippen LogP contribution in [0.3, 0.4) is 0 Å². The minimum atomic E-state index is 0.0255. The normalized spacial score (nSPS) is 11.4. The maximum absolute atomic E-state index is 5.53. The summed E-state index contributed by atoms with van der Waals surface area (Å²) in [5.41, 5.74) is 2.47. The smallest absolute Gasteiger partial charge is 0.126 e. The van der Waals surface area contributed by atoms with Gasteiger partial charge < -0.3 is 14.8 Å². The van der Waals surface area contributed by atoms with Crippen LogP contribution in [0.25, 0.3) is 0 Å². The van der Waals surface area contributed by atoms with Crippen LogP contribution in [0.1, 0.15) is 31.9 Å². The van der Waals surface area contributed by atoms with Crippen molar-refractivity contribution in [3.05, 3.63) is 23.3 Å². The Hall–Kier alpha value is -1.22. The molecule has 0 bridgehead atoms. The monoisotopic (exact) mass is 251 g/mol. The first-order valence-electron chi connectivity index (χ1n) is 6.40. The molecule has 1 rings (SSSR count). The molecule has 0 saturated carbocycles. The number of hydrogen-bond donors (Lipinski definition) is 1. The Morgan fingerprint density at radius 3 is 2.33 bits per heavy atom. The van der Waals surface area contributed by atoms with Crippen molar-refractivity contribution in [2.45, 2.75) is 33.1 Å². The molecule has 1 aromatic rings. The zero-order chi connectivity index (χ0) is 13.8. The molecule has 0 unspecified atom stereocenters. The second kappa shape index (κ2) is 6.10. The molecular weight excluding hydrogens is 226 g/mol. The zero-order valence-electron chi connectivity index (χ0n) is 12.4. The highest BCUT2D eigenvalue weighted by molar-refractivity contribution is 5.50. The van der Waals surface area contributed by atoms with Gasteiger partial charge in [0.15, 0.2) is 0 Å². The molecule has 0 aromatic heterocycles. The lowest BCUT2D eigenvalue weighted by molar-refractivity contribution is 0.374. The van der Waals surface area contributed by atoms with Gasteiger partial charge in [0, 0.05) is 23.6 Å².